The molecule has 0 spiro atoms. The molecule has 5 heteroatoms. The molecule has 2 aromatic rings. The Morgan fingerprint density at radius 1 is 1.24 bits per heavy atom. The maximum atomic E-state index is 13.5. The molecule has 2 aromatic carbocycles. The van der Waals surface area contributed by atoms with Gasteiger partial charge in [-0.2, -0.15) is 0 Å². The van der Waals surface area contributed by atoms with Gasteiger partial charge in [0.2, 0.25) is 0 Å². The van der Waals surface area contributed by atoms with Gasteiger partial charge in [-0.1, -0.05) is 30.3 Å². The summed E-state index contributed by atoms with van der Waals surface area (Å²) >= 11 is 0. The van der Waals surface area contributed by atoms with E-state index in [4.69, 9.17) is 15.3 Å². The van der Waals surface area contributed by atoms with E-state index < -0.39 is 5.82 Å². The number of hydrogen-bond donors (Lipinski definition) is 2. The lowest BCUT2D eigenvalue weighted by molar-refractivity contribution is 0.112. The Kier molecular flexibility index (Phi) is 6.77. The number of carbonyl (C=O) groups is 1. The molecule has 2 N–H and O–H groups in total. The molecular formula is C16H16FNO3. The van der Waals surface area contributed by atoms with Crippen LogP contribution < -0.4 is 4.74 Å². The molecule has 0 fully saturated rings. The van der Waals surface area contributed by atoms with Crippen molar-refractivity contribution in [2.45, 2.75) is 0 Å². The van der Waals surface area contributed by atoms with E-state index >= 15 is 0 Å². The molecular weight excluding hydrogens is 273 g/mol. The Bertz CT molecular complexity index is 600. The van der Waals surface area contributed by atoms with E-state index in [2.05, 4.69) is 0 Å². The van der Waals surface area contributed by atoms with E-state index in [0.29, 0.717) is 6.29 Å². The quantitative estimate of drug-likeness (QED) is 0.656. The summed E-state index contributed by atoms with van der Waals surface area (Å²) in [6.45, 7) is -0.0264. The van der Waals surface area contributed by atoms with Crippen LogP contribution in [0, 0.1) is 11.2 Å². The van der Waals surface area contributed by atoms with Crippen molar-refractivity contribution >= 4 is 12.0 Å². The molecule has 0 amide bonds. The first-order valence-electron chi connectivity index (χ1n) is 6.16. The predicted octanol–water partition coefficient (Wildman–Crippen LogP) is 2.69. The molecule has 0 bridgehead atoms. The van der Waals surface area contributed by atoms with Crippen molar-refractivity contribution in [3.63, 3.8) is 0 Å². The summed E-state index contributed by atoms with van der Waals surface area (Å²) in [6.07, 6.45) is 0.568. The van der Waals surface area contributed by atoms with Crippen LogP contribution in [0.15, 0.2) is 48.5 Å². The molecule has 0 atom stereocenters. The van der Waals surface area contributed by atoms with E-state index in [1.807, 2.05) is 18.2 Å². The zero-order valence-electron chi connectivity index (χ0n) is 11.5. The molecule has 110 valence electrons. The SMILES string of the molecule is CO.N=C(COc1ccc(C=O)cc1F)c1ccccc1. The molecule has 0 aliphatic carbocycles. The zero-order chi connectivity index (χ0) is 15.7. The summed E-state index contributed by atoms with van der Waals surface area (Å²) in [7, 11) is 1.00. The third-order valence-corrected chi connectivity index (χ3v) is 2.59. The Balaban J connectivity index is 0.00000106. The number of benzene rings is 2. The van der Waals surface area contributed by atoms with E-state index in [0.717, 1.165) is 18.7 Å². The third-order valence-electron chi connectivity index (χ3n) is 2.59. The van der Waals surface area contributed by atoms with Gasteiger partial charge in [0.15, 0.2) is 11.6 Å². The van der Waals surface area contributed by atoms with Gasteiger partial charge in [0.25, 0.3) is 0 Å². The fraction of sp³-hybridized carbons (Fsp3) is 0.125. The van der Waals surface area contributed by atoms with Gasteiger partial charge in [-0.25, -0.2) is 4.39 Å². The molecule has 2 rings (SSSR count). The van der Waals surface area contributed by atoms with Crippen LogP contribution in [0.25, 0.3) is 0 Å². The van der Waals surface area contributed by atoms with Crippen molar-refractivity contribution in [3.8, 4) is 5.75 Å². The molecule has 0 aliphatic heterocycles. The van der Waals surface area contributed by atoms with Crippen molar-refractivity contribution < 1.29 is 19.0 Å². The van der Waals surface area contributed by atoms with Crippen molar-refractivity contribution in [2.24, 2.45) is 0 Å². The number of nitrogens with one attached hydrogen (secondary N) is 1. The summed E-state index contributed by atoms with van der Waals surface area (Å²) < 4.78 is 18.8. The van der Waals surface area contributed by atoms with Crippen LogP contribution >= 0.6 is 0 Å². The Hall–Kier alpha value is -2.53. The molecule has 21 heavy (non-hydrogen) atoms. The van der Waals surface area contributed by atoms with Gasteiger partial charge >= 0.3 is 0 Å². The van der Waals surface area contributed by atoms with E-state index in [9.17, 15) is 9.18 Å². The lowest BCUT2D eigenvalue weighted by atomic mass is 10.1. The molecule has 0 saturated carbocycles. The van der Waals surface area contributed by atoms with Crippen LogP contribution in [0.2, 0.25) is 0 Å². The number of aliphatic hydroxyl groups is 1. The van der Waals surface area contributed by atoms with Gasteiger partial charge in [-0.05, 0) is 23.8 Å². The Morgan fingerprint density at radius 2 is 1.90 bits per heavy atom. The molecule has 0 radical (unpaired) electrons. The maximum absolute atomic E-state index is 13.5. The molecule has 0 unspecified atom stereocenters. The van der Waals surface area contributed by atoms with Gasteiger partial charge in [0, 0.05) is 12.7 Å². The summed E-state index contributed by atoms with van der Waals surface area (Å²) in [4.78, 5) is 10.5. The van der Waals surface area contributed by atoms with Gasteiger partial charge in [0.1, 0.15) is 12.9 Å². The second-order valence-corrected chi connectivity index (χ2v) is 3.94. The first-order valence-corrected chi connectivity index (χ1v) is 6.16. The monoisotopic (exact) mass is 289 g/mol. The zero-order valence-corrected chi connectivity index (χ0v) is 11.5. The largest absolute Gasteiger partial charge is 0.484 e. The average Bonchev–Trinajstić information content (AvgIpc) is 2.56. The number of halogens is 1. The predicted molar refractivity (Wildman–Crippen MR) is 78.7 cm³/mol. The summed E-state index contributed by atoms with van der Waals surface area (Å²) in [5.74, 6) is -0.572. The lowest BCUT2D eigenvalue weighted by Gasteiger charge is -2.08. The number of carbonyl (C=O) groups excluding carboxylic acids is 1. The highest BCUT2D eigenvalue weighted by Gasteiger charge is 2.07. The molecule has 0 heterocycles. The van der Waals surface area contributed by atoms with Crippen molar-refractivity contribution in [2.75, 3.05) is 13.7 Å². The minimum absolute atomic E-state index is 0.0264. The summed E-state index contributed by atoms with van der Waals surface area (Å²) in [6, 6.07) is 13.0. The van der Waals surface area contributed by atoms with Crippen molar-refractivity contribution in [1.82, 2.24) is 0 Å². The van der Waals surface area contributed by atoms with E-state index in [1.54, 1.807) is 12.1 Å². The maximum Gasteiger partial charge on any atom is 0.165 e. The Labute approximate surface area is 122 Å². The molecule has 0 aromatic heterocycles. The van der Waals surface area contributed by atoms with Crippen LogP contribution in [-0.2, 0) is 0 Å². The van der Waals surface area contributed by atoms with Gasteiger partial charge in [-0.15, -0.1) is 0 Å². The van der Waals surface area contributed by atoms with Gasteiger partial charge < -0.3 is 15.3 Å². The number of aliphatic hydroxyl groups excluding tert-OH is 1. The fourth-order valence-electron chi connectivity index (χ4n) is 1.58. The number of ether oxygens (including phenoxy) is 1. The normalized spacial score (nSPS) is 9.29. The first-order chi connectivity index (χ1) is 10.2. The van der Waals surface area contributed by atoms with Crippen LogP contribution in [-0.4, -0.2) is 30.8 Å². The molecule has 0 saturated heterocycles. The standard InChI is InChI=1S/C15H12FNO2.CH4O/c16-13-8-11(9-18)6-7-15(13)19-10-14(17)12-4-2-1-3-5-12;1-2/h1-9,17H,10H2;2H,1H3. The average molecular weight is 289 g/mol. The summed E-state index contributed by atoms with van der Waals surface area (Å²) in [5, 5.41) is 14.8. The minimum atomic E-state index is -0.606. The van der Waals surface area contributed by atoms with Crippen molar-refractivity contribution in [1.29, 1.82) is 5.41 Å². The summed E-state index contributed by atoms with van der Waals surface area (Å²) in [5.41, 5.74) is 1.25. The topological polar surface area (TPSA) is 70.4 Å². The van der Waals surface area contributed by atoms with Gasteiger partial charge in [0.05, 0.1) is 5.71 Å². The number of aldehydes is 1. The Morgan fingerprint density at radius 3 is 2.48 bits per heavy atom. The number of hydrogen-bond acceptors (Lipinski definition) is 4. The lowest BCUT2D eigenvalue weighted by Crippen LogP contribution is -2.12. The van der Waals surface area contributed by atoms with E-state index in [-0.39, 0.29) is 23.6 Å². The second kappa shape index (κ2) is 8.60. The second-order valence-electron chi connectivity index (χ2n) is 3.94. The van der Waals surface area contributed by atoms with Crippen molar-refractivity contribution in [3.05, 3.63) is 65.5 Å². The highest BCUT2D eigenvalue weighted by molar-refractivity contribution is 5.99. The van der Waals surface area contributed by atoms with Gasteiger partial charge in [-0.3, -0.25) is 4.79 Å². The smallest absolute Gasteiger partial charge is 0.165 e. The first kappa shape index (κ1) is 16.5. The molecule has 4 nitrogen and oxygen atoms in total. The van der Waals surface area contributed by atoms with Crippen LogP contribution in [0.5, 0.6) is 5.75 Å². The third kappa shape index (κ3) is 4.81. The minimum Gasteiger partial charge on any atom is -0.484 e. The van der Waals surface area contributed by atoms with E-state index in [1.165, 1.54) is 12.1 Å². The number of rotatable bonds is 5. The van der Waals surface area contributed by atoms with Crippen LogP contribution in [0.1, 0.15) is 15.9 Å². The molecule has 0 aliphatic rings. The van der Waals surface area contributed by atoms with Crippen LogP contribution in [0.4, 0.5) is 4.39 Å². The highest BCUT2D eigenvalue weighted by atomic mass is 19.1. The highest BCUT2D eigenvalue weighted by Crippen LogP contribution is 2.17. The fourth-order valence-corrected chi connectivity index (χ4v) is 1.58. The van der Waals surface area contributed by atoms with Crippen LogP contribution in [0.3, 0.4) is 0 Å².